The van der Waals surface area contributed by atoms with Gasteiger partial charge in [-0.1, -0.05) is 125 Å². The van der Waals surface area contributed by atoms with Crippen molar-refractivity contribution in [2.75, 3.05) is 0 Å². The molecule has 0 aliphatic carbocycles. The maximum atomic E-state index is 14.9. The van der Waals surface area contributed by atoms with E-state index in [0.717, 1.165) is 167 Å². The Balaban J connectivity index is 1.30. The Hall–Kier alpha value is -9.43. The number of nitriles is 2. The second-order valence-corrected chi connectivity index (χ2v) is 23.1. The van der Waals surface area contributed by atoms with E-state index in [-0.39, 0.29) is 5.56 Å². The second kappa shape index (κ2) is 19.7. The summed E-state index contributed by atoms with van der Waals surface area (Å²) in [5.74, 6) is 0. The van der Waals surface area contributed by atoms with Crippen molar-refractivity contribution in [2.45, 2.75) is 89.3 Å². The van der Waals surface area contributed by atoms with E-state index in [1.807, 2.05) is 12.1 Å². The fourth-order valence-electron chi connectivity index (χ4n) is 14.1. The minimum absolute atomic E-state index is 0.153. The molecule has 2 heterocycles. The van der Waals surface area contributed by atoms with Gasteiger partial charge in [-0.25, -0.2) is 0 Å². The molecule has 10 aromatic carbocycles. The van der Waals surface area contributed by atoms with Crippen molar-refractivity contribution in [3.8, 4) is 79.1 Å². The van der Waals surface area contributed by atoms with Crippen LogP contribution in [0.2, 0.25) is 0 Å². The molecular weight excluding hydrogens is 1010 g/mol. The Morgan fingerprint density at radius 2 is 0.622 bits per heavy atom. The van der Waals surface area contributed by atoms with Crippen LogP contribution in [0.15, 0.2) is 152 Å². The van der Waals surface area contributed by atoms with Gasteiger partial charge >= 0.3 is 6.18 Å². The molecule has 82 heavy (non-hydrogen) atoms. The Morgan fingerprint density at radius 3 is 0.878 bits per heavy atom. The number of alkyl halides is 3. The van der Waals surface area contributed by atoms with E-state index in [1.165, 1.54) is 6.07 Å². The van der Waals surface area contributed by atoms with Crippen molar-refractivity contribution in [1.29, 1.82) is 10.5 Å². The fraction of sp³-hybridized carbons (Fsp3) is 0.173. The number of nitrogens with zero attached hydrogens (tertiary/aromatic N) is 4. The Bertz CT molecular complexity index is 4250. The van der Waals surface area contributed by atoms with Crippen LogP contribution in [0.4, 0.5) is 13.2 Å². The number of aryl methyl sites for hydroxylation is 12. The van der Waals surface area contributed by atoms with Crippen molar-refractivity contribution >= 4 is 43.6 Å². The molecule has 0 aliphatic rings. The highest BCUT2D eigenvalue weighted by atomic mass is 19.4. The number of halogens is 3. The van der Waals surface area contributed by atoms with Gasteiger partial charge in [0.05, 0.1) is 62.3 Å². The summed E-state index contributed by atoms with van der Waals surface area (Å²) in [4.78, 5) is 0. The van der Waals surface area contributed by atoms with Crippen molar-refractivity contribution in [1.82, 2.24) is 9.13 Å². The predicted molar refractivity (Wildman–Crippen MR) is 334 cm³/mol. The van der Waals surface area contributed by atoms with Gasteiger partial charge in [-0.3, -0.25) is 0 Å². The summed E-state index contributed by atoms with van der Waals surface area (Å²) >= 11 is 0. The minimum Gasteiger partial charge on any atom is -0.308 e. The Morgan fingerprint density at radius 1 is 0.329 bits per heavy atom. The molecule has 12 aromatic rings. The molecule has 0 radical (unpaired) electrons. The van der Waals surface area contributed by atoms with Gasteiger partial charge in [0.1, 0.15) is 0 Å². The normalized spacial score (nSPS) is 11.8. The number of aromatic nitrogens is 2. The van der Waals surface area contributed by atoms with Gasteiger partial charge in [0.2, 0.25) is 0 Å². The molecule has 0 aliphatic heterocycles. The zero-order chi connectivity index (χ0) is 58.0. The molecule has 0 spiro atoms. The van der Waals surface area contributed by atoms with Crippen LogP contribution < -0.4 is 0 Å². The first kappa shape index (κ1) is 53.2. The van der Waals surface area contributed by atoms with E-state index >= 15 is 0 Å². The topological polar surface area (TPSA) is 57.4 Å². The monoisotopic (exact) mass is 1070 g/mol. The van der Waals surface area contributed by atoms with Gasteiger partial charge in [-0.05, 0) is 221 Å². The number of fused-ring (bicyclic) bond motifs is 6. The summed E-state index contributed by atoms with van der Waals surface area (Å²) in [6, 6.07) is 55.7. The molecule has 0 saturated carbocycles. The van der Waals surface area contributed by atoms with Crippen LogP contribution in [0.3, 0.4) is 0 Å². The molecule has 12 rings (SSSR count). The first-order valence-corrected chi connectivity index (χ1v) is 27.8. The third kappa shape index (κ3) is 8.75. The summed E-state index contributed by atoms with van der Waals surface area (Å²) in [6.45, 7) is 25.5. The number of rotatable bonds is 7. The van der Waals surface area contributed by atoms with Gasteiger partial charge < -0.3 is 9.13 Å². The van der Waals surface area contributed by atoms with E-state index in [9.17, 15) is 23.7 Å². The van der Waals surface area contributed by atoms with Crippen LogP contribution in [0.25, 0.3) is 111 Å². The minimum atomic E-state index is -4.73. The average molecular weight is 1080 g/mol. The molecule has 0 unspecified atom stereocenters. The van der Waals surface area contributed by atoms with Crippen molar-refractivity contribution < 1.29 is 13.2 Å². The molecule has 0 N–H and O–H groups in total. The summed E-state index contributed by atoms with van der Waals surface area (Å²) in [6.07, 6.45) is -4.73. The lowest BCUT2D eigenvalue weighted by Crippen LogP contribution is -2.08. The lowest BCUT2D eigenvalue weighted by atomic mass is 9.92. The van der Waals surface area contributed by atoms with E-state index in [0.29, 0.717) is 28.1 Å². The highest BCUT2D eigenvalue weighted by Gasteiger charge is 2.33. The summed E-state index contributed by atoms with van der Waals surface area (Å²) in [5, 5.41) is 26.5. The summed E-state index contributed by atoms with van der Waals surface area (Å²) < 4.78 is 49.1. The van der Waals surface area contributed by atoms with E-state index in [2.05, 4.69) is 226 Å². The zero-order valence-electron chi connectivity index (χ0n) is 48.4. The molecule has 4 nitrogen and oxygen atoms in total. The van der Waals surface area contributed by atoms with Gasteiger partial charge in [-0.2, -0.15) is 23.7 Å². The van der Waals surface area contributed by atoms with Crippen LogP contribution >= 0.6 is 0 Å². The van der Waals surface area contributed by atoms with Crippen LogP contribution in [-0.2, 0) is 6.18 Å². The van der Waals surface area contributed by atoms with E-state index in [4.69, 9.17) is 0 Å². The maximum absolute atomic E-state index is 14.9. The fourth-order valence-corrected chi connectivity index (χ4v) is 14.1. The SMILES string of the molecule is Cc1cc(C)c(-c2ccc3c4ccc(-c5c(C)cc(C)cc5C)cc4n(-c4cc(C#N)cc(-n5c6cc(-c7c(C)cc(C)cc7C)ccc6c6ccc(-c7c(C)cc(C)cc7C)cc65)c4-c4ccc(C(F)(F)F)cc4C#N)c3c2)c(C)c1. The number of benzene rings is 10. The van der Waals surface area contributed by atoms with Gasteiger partial charge in [0.15, 0.2) is 0 Å². The third-order valence-electron chi connectivity index (χ3n) is 16.8. The number of hydrogen-bond donors (Lipinski definition) is 0. The Kier molecular flexibility index (Phi) is 12.8. The molecule has 0 bridgehead atoms. The summed E-state index contributed by atoms with van der Waals surface area (Å²) in [5.41, 5.74) is 26.5. The summed E-state index contributed by atoms with van der Waals surface area (Å²) in [7, 11) is 0. The van der Waals surface area contributed by atoms with E-state index < -0.39 is 11.7 Å². The molecular formula is C75H61F3N4. The van der Waals surface area contributed by atoms with Crippen LogP contribution in [0.1, 0.15) is 83.5 Å². The lowest BCUT2D eigenvalue weighted by molar-refractivity contribution is -0.137. The lowest BCUT2D eigenvalue weighted by Gasteiger charge is -2.23. The zero-order valence-corrected chi connectivity index (χ0v) is 48.4. The van der Waals surface area contributed by atoms with Crippen LogP contribution in [0, 0.1) is 106 Å². The van der Waals surface area contributed by atoms with Crippen molar-refractivity contribution in [3.05, 3.63) is 235 Å². The molecule has 0 fully saturated rings. The molecule has 0 saturated heterocycles. The van der Waals surface area contributed by atoms with E-state index in [1.54, 1.807) is 0 Å². The first-order chi connectivity index (χ1) is 39.1. The molecule has 0 atom stereocenters. The van der Waals surface area contributed by atoms with Gasteiger partial charge in [0, 0.05) is 32.7 Å². The second-order valence-electron chi connectivity index (χ2n) is 23.1. The smallest absolute Gasteiger partial charge is 0.308 e. The predicted octanol–water partition coefficient (Wildman–Crippen LogP) is 20.7. The molecule has 0 amide bonds. The van der Waals surface area contributed by atoms with Gasteiger partial charge in [0.25, 0.3) is 0 Å². The van der Waals surface area contributed by atoms with Gasteiger partial charge in [-0.15, -0.1) is 0 Å². The average Bonchev–Trinajstić information content (AvgIpc) is 3.51. The van der Waals surface area contributed by atoms with Crippen molar-refractivity contribution in [3.63, 3.8) is 0 Å². The highest BCUT2D eigenvalue weighted by molar-refractivity contribution is 6.14. The van der Waals surface area contributed by atoms with Crippen LogP contribution in [0.5, 0.6) is 0 Å². The maximum Gasteiger partial charge on any atom is 0.416 e. The third-order valence-corrected chi connectivity index (χ3v) is 16.8. The largest absolute Gasteiger partial charge is 0.416 e. The molecule has 2 aromatic heterocycles. The highest BCUT2D eigenvalue weighted by Crippen LogP contribution is 2.48. The van der Waals surface area contributed by atoms with Crippen molar-refractivity contribution in [2.24, 2.45) is 0 Å². The standard InChI is InChI=1S/C75H61F3N4/c1-40-23-44(5)70(45(6)24-40)53-13-18-60-61-19-14-54(71-46(7)25-41(2)26-47(71)8)35-65(61)81(64(60)34-53)68-31-52(38-79)32-69(74(68)59-22-17-58(75(76,77)78)33-57(59)39-80)82-66-36-55(72-48(9)27-42(3)28-49(72)10)15-20-62(66)63-21-16-56(37-67(63)82)73-50(11)29-43(4)30-51(73)12/h13-37H,1-12H3. The Labute approximate surface area is 477 Å². The first-order valence-electron chi connectivity index (χ1n) is 27.8. The van der Waals surface area contributed by atoms with Crippen LogP contribution in [-0.4, -0.2) is 9.13 Å². The number of hydrogen-bond acceptors (Lipinski definition) is 2. The molecule has 402 valence electrons. The quantitative estimate of drug-likeness (QED) is 0.160. The molecule has 7 heteroatoms.